The van der Waals surface area contributed by atoms with Gasteiger partial charge in [0, 0.05) is 16.3 Å². The SMILES string of the molecule is N[C@H]1C(=O)Nc2cccc(Cl)c21. The Morgan fingerprint density at radius 1 is 1.50 bits per heavy atom. The Labute approximate surface area is 74.5 Å². The highest BCUT2D eigenvalue weighted by atomic mass is 35.5. The zero-order valence-corrected chi connectivity index (χ0v) is 6.93. The van der Waals surface area contributed by atoms with Gasteiger partial charge in [0.2, 0.25) is 5.91 Å². The number of halogens is 1. The highest BCUT2D eigenvalue weighted by Gasteiger charge is 2.28. The van der Waals surface area contributed by atoms with Crippen molar-refractivity contribution in [2.75, 3.05) is 5.32 Å². The van der Waals surface area contributed by atoms with Gasteiger partial charge < -0.3 is 11.1 Å². The lowest BCUT2D eigenvalue weighted by Crippen LogP contribution is -2.19. The Bertz CT molecular complexity index is 351. The molecule has 0 aliphatic carbocycles. The summed E-state index contributed by atoms with van der Waals surface area (Å²) in [5.74, 6) is -0.196. The third-order valence-electron chi connectivity index (χ3n) is 1.90. The second-order valence-corrected chi connectivity index (χ2v) is 3.08. The van der Waals surface area contributed by atoms with Gasteiger partial charge in [-0.05, 0) is 12.1 Å². The summed E-state index contributed by atoms with van der Waals surface area (Å²) in [6.45, 7) is 0. The topological polar surface area (TPSA) is 55.1 Å². The fraction of sp³-hybridized carbons (Fsp3) is 0.125. The molecular weight excluding hydrogens is 176 g/mol. The molecule has 3 nitrogen and oxygen atoms in total. The first-order chi connectivity index (χ1) is 5.70. The van der Waals surface area contributed by atoms with Gasteiger partial charge in [0.15, 0.2) is 0 Å². The van der Waals surface area contributed by atoms with Gasteiger partial charge >= 0.3 is 0 Å². The standard InChI is InChI=1S/C8H7ClN2O/c9-4-2-1-3-5-6(4)7(10)8(12)11-5/h1-3,7H,10H2,(H,11,12)/t7-/m1/s1. The van der Waals surface area contributed by atoms with Gasteiger partial charge in [-0.2, -0.15) is 0 Å². The second kappa shape index (κ2) is 2.47. The Hall–Kier alpha value is -1.06. The number of nitrogens with one attached hydrogen (secondary N) is 1. The highest BCUT2D eigenvalue weighted by molar-refractivity contribution is 6.32. The van der Waals surface area contributed by atoms with E-state index >= 15 is 0 Å². The quantitative estimate of drug-likeness (QED) is 0.635. The van der Waals surface area contributed by atoms with Crippen LogP contribution < -0.4 is 11.1 Å². The molecular formula is C8H7ClN2O. The molecule has 0 saturated heterocycles. The molecule has 0 fully saturated rings. The number of hydrogen-bond acceptors (Lipinski definition) is 2. The Kier molecular flexibility index (Phi) is 1.56. The van der Waals surface area contributed by atoms with Crippen LogP contribution in [0, 0.1) is 0 Å². The Morgan fingerprint density at radius 2 is 2.25 bits per heavy atom. The summed E-state index contributed by atoms with van der Waals surface area (Å²) in [5.41, 5.74) is 7.01. The molecule has 1 aliphatic heterocycles. The number of anilines is 1. The maximum Gasteiger partial charge on any atom is 0.246 e. The number of amides is 1. The molecule has 2 rings (SSSR count). The van der Waals surface area contributed by atoms with Gasteiger partial charge in [-0.3, -0.25) is 4.79 Å². The Morgan fingerprint density at radius 3 is 2.92 bits per heavy atom. The molecule has 0 bridgehead atoms. The Balaban J connectivity index is 2.62. The fourth-order valence-corrected chi connectivity index (χ4v) is 1.60. The number of fused-ring (bicyclic) bond motifs is 1. The molecule has 1 aromatic rings. The minimum absolute atomic E-state index is 0.196. The molecule has 62 valence electrons. The molecule has 0 unspecified atom stereocenters. The van der Waals surface area contributed by atoms with Gasteiger partial charge in [-0.15, -0.1) is 0 Å². The van der Waals surface area contributed by atoms with Crippen molar-refractivity contribution >= 4 is 23.2 Å². The monoisotopic (exact) mass is 182 g/mol. The summed E-state index contributed by atoms with van der Waals surface area (Å²) < 4.78 is 0. The largest absolute Gasteiger partial charge is 0.324 e. The summed E-state index contributed by atoms with van der Waals surface area (Å²) in [7, 11) is 0. The molecule has 1 aromatic carbocycles. The maximum atomic E-state index is 11.1. The molecule has 0 saturated carbocycles. The fourth-order valence-electron chi connectivity index (χ4n) is 1.30. The van der Waals surface area contributed by atoms with Crippen LogP contribution in [0.2, 0.25) is 5.02 Å². The predicted octanol–water partition coefficient (Wildman–Crippen LogP) is 1.29. The molecule has 1 aliphatic rings. The number of nitrogens with two attached hydrogens (primary N) is 1. The van der Waals surface area contributed by atoms with Crippen molar-refractivity contribution < 1.29 is 4.79 Å². The normalized spacial score (nSPS) is 20.5. The van der Waals surface area contributed by atoms with E-state index in [4.69, 9.17) is 17.3 Å². The molecule has 0 spiro atoms. The van der Waals surface area contributed by atoms with Crippen molar-refractivity contribution in [1.82, 2.24) is 0 Å². The van der Waals surface area contributed by atoms with Crippen LogP contribution in [0.3, 0.4) is 0 Å². The molecule has 12 heavy (non-hydrogen) atoms. The average molecular weight is 183 g/mol. The number of benzene rings is 1. The molecule has 1 heterocycles. The zero-order chi connectivity index (χ0) is 8.72. The van der Waals surface area contributed by atoms with Crippen molar-refractivity contribution in [3.05, 3.63) is 28.8 Å². The van der Waals surface area contributed by atoms with Crippen LogP contribution in [0.25, 0.3) is 0 Å². The van der Waals surface area contributed by atoms with Crippen molar-refractivity contribution in [2.45, 2.75) is 6.04 Å². The van der Waals surface area contributed by atoms with Gasteiger partial charge in [0.1, 0.15) is 6.04 Å². The van der Waals surface area contributed by atoms with E-state index in [1.807, 2.05) is 0 Å². The summed E-state index contributed by atoms with van der Waals surface area (Å²) in [6, 6.07) is 4.67. The van der Waals surface area contributed by atoms with Crippen LogP contribution in [0.5, 0.6) is 0 Å². The zero-order valence-electron chi connectivity index (χ0n) is 6.17. The summed E-state index contributed by atoms with van der Waals surface area (Å²) in [4.78, 5) is 11.1. The van der Waals surface area contributed by atoms with Crippen LogP contribution >= 0.6 is 11.6 Å². The van der Waals surface area contributed by atoms with E-state index in [9.17, 15) is 4.79 Å². The number of hydrogen-bond donors (Lipinski definition) is 2. The van der Waals surface area contributed by atoms with Crippen LogP contribution in [0.15, 0.2) is 18.2 Å². The molecule has 0 aromatic heterocycles. The number of carbonyl (C=O) groups excluding carboxylic acids is 1. The minimum atomic E-state index is -0.617. The smallest absolute Gasteiger partial charge is 0.246 e. The lowest BCUT2D eigenvalue weighted by molar-refractivity contribution is -0.116. The first kappa shape index (κ1) is 7.58. The first-order valence-electron chi connectivity index (χ1n) is 3.55. The third-order valence-corrected chi connectivity index (χ3v) is 2.23. The lowest BCUT2D eigenvalue weighted by atomic mass is 10.1. The van der Waals surface area contributed by atoms with Gasteiger partial charge in [0.25, 0.3) is 0 Å². The summed E-state index contributed by atoms with van der Waals surface area (Å²) >= 11 is 5.86. The van der Waals surface area contributed by atoms with E-state index in [-0.39, 0.29) is 5.91 Å². The average Bonchev–Trinajstić information content (AvgIpc) is 2.29. The molecule has 1 amide bonds. The van der Waals surface area contributed by atoms with Crippen LogP contribution in [-0.4, -0.2) is 5.91 Å². The molecule has 0 radical (unpaired) electrons. The van der Waals surface area contributed by atoms with Crippen LogP contribution in [0.4, 0.5) is 5.69 Å². The molecule has 1 atom stereocenters. The van der Waals surface area contributed by atoms with E-state index in [1.165, 1.54) is 0 Å². The van der Waals surface area contributed by atoms with Crippen molar-refractivity contribution in [1.29, 1.82) is 0 Å². The van der Waals surface area contributed by atoms with E-state index in [0.717, 1.165) is 5.69 Å². The minimum Gasteiger partial charge on any atom is -0.324 e. The summed E-state index contributed by atoms with van der Waals surface area (Å²) in [5, 5.41) is 3.18. The van der Waals surface area contributed by atoms with E-state index < -0.39 is 6.04 Å². The third kappa shape index (κ3) is 0.906. The number of rotatable bonds is 0. The van der Waals surface area contributed by atoms with Crippen molar-refractivity contribution in [3.63, 3.8) is 0 Å². The summed E-state index contributed by atoms with van der Waals surface area (Å²) in [6.07, 6.45) is 0. The highest BCUT2D eigenvalue weighted by Crippen LogP contribution is 2.34. The van der Waals surface area contributed by atoms with E-state index in [0.29, 0.717) is 10.6 Å². The predicted molar refractivity (Wildman–Crippen MR) is 47.0 cm³/mol. The number of carbonyl (C=O) groups is 1. The van der Waals surface area contributed by atoms with Gasteiger partial charge in [-0.25, -0.2) is 0 Å². The van der Waals surface area contributed by atoms with Gasteiger partial charge in [-0.1, -0.05) is 17.7 Å². The van der Waals surface area contributed by atoms with Crippen molar-refractivity contribution in [3.8, 4) is 0 Å². The van der Waals surface area contributed by atoms with Crippen molar-refractivity contribution in [2.24, 2.45) is 5.73 Å². The van der Waals surface area contributed by atoms with E-state index in [1.54, 1.807) is 18.2 Å². The second-order valence-electron chi connectivity index (χ2n) is 2.67. The van der Waals surface area contributed by atoms with E-state index in [2.05, 4.69) is 5.32 Å². The maximum absolute atomic E-state index is 11.1. The van der Waals surface area contributed by atoms with Crippen LogP contribution in [0.1, 0.15) is 11.6 Å². The van der Waals surface area contributed by atoms with Gasteiger partial charge in [0.05, 0.1) is 0 Å². The lowest BCUT2D eigenvalue weighted by Gasteiger charge is -2.02. The molecule has 4 heteroatoms. The van der Waals surface area contributed by atoms with Crippen LogP contribution in [-0.2, 0) is 4.79 Å². The first-order valence-corrected chi connectivity index (χ1v) is 3.93. The molecule has 3 N–H and O–H groups in total.